The van der Waals surface area contributed by atoms with Gasteiger partial charge >= 0.3 is 0 Å². The Morgan fingerprint density at radius 1 is 1.16 bits per heavy atom. The summed E-state index contributed by atoms with van der Waals surface area (Å²) in [7, 11) is 0. The van der Waals surface area contributed by atoms with Gasteiger partial charge in [-0.15, -0.1) is 11.8 Å². The lowest BCUT2D eigenvalue weighted by Gasteiger charge is -2.58. The van der Waals surface area contributed by atoms with Crippen molar-refractivity contribution >= 4 is 29.3 Å². The summed E-state index contributed by atoms with van der Waals surface area (Å²) in [6, 6.07) is 4.81. The minimum atomic E-state index is -0.296. The Kier molecular flexibility index (Phi) is 3.87. The van der Waals surface area contributed by atoms with E-state index in [1.165, 1.54) is 56.4 Å². The molecule has 134 valence electrons. The van der Waals surface area contributed by atoms with Crippen LogP contribution < -0.4 is 0 Å². The van der Waals surface area contributed by atoms with E-state index in [9.17, 15) is 9.18 Å². The molecule has 4 bridgehead atoms. The second-order valence-electron chi connectivity index (χ2n) is 8.74. The third-order valence-corrected chi connectivity index (χ3v) is 8.43. The predicted octanol–water partition coefficient (Wildman–Crippen LogP) is 5.27. The number of hydrogen-bond acceptors (Lipinski definition) is 2. The molecule has 1 heterocycles. The molecule has 1 aliphatic heterocycles. The summed E-state index contributed by atoms with van der Waals surface area (Å²) in [5.41, 5.74) is 0.760. The molecule has 4 aliphatic carbocycles. The molecule has 5 aliphatic rings. The van der Waals surface area contributed by atoms with Crippen molar-refractivity contribution in [2.75, 3.05) is 12.3 Å². The van der Waals surface area contributed by atoms with Crippen molar-refractivity contribution in [2.45, 2.75) is 43.9 Å². The van der Waals surface area contributed by atoms with Gasteiger partial charge in [0.2, 0.25) is 5.91 Å². The molecule has 0 spiro atoms. The van der Waals surface area contributed by atoms with E-state index in [2.05, 4.69) is 0 Å². The molecule has 0 radical (unpaired) electrons. The van der Waals surface area contributed by atoms with Crippen molar-refractivity contribution in [1.29, 1.82) is 0 Å². The average molecular weight is 380 g/mol. The molecule has 1 aromatic carbocycles. The zero-order valence-electron chi connectivity index (χ0n) is 14.2. The highest BCUT2D eigenvalue weighted by Gasteiger charge is 2.53. The Hall–Kier alpha value is -0.740. The number of hydrogen-bond donors (Lipinski definition) is 0. The van der Waals surface area contributed by atoms with Crippen LogP contribution in [0.1, 0.15) is 49.5 Å². The van der Waals surface area contributed by atoms with Crippen molar-refractivity contribution in [3.8, 4) is 0 Å². The minimum absolute atomic E-state index is 0.144. The van der Waals surface area contributed by atoms with Crippen LogP contribution in [0.5, 0.6) is 0 Å². The first-order chi connectivity index (χ1) is 12.0. The topological polar surface area (TPSA) is 20.3 Å². The molecule has 1 saturated heterocycles. The van der Waals surface area contributed by atoms with Crippen molar-refractivity contribution in [2.24, 2.45) is 23.2 Å². The van der Waals surface area contributed by atoms with E-state index in [4.69, 9.17) is 11.6 Å². The summed E-state index contributed by atoms with van der Waals surface area (Å²) in [4.78, 5) is 14.6. The summed E-state index contributed by atoms with van der Waals surface area (Å²) in [6.07, 6.45) is 7.95. The maximum atomic E-state index is 14.5. The van der Waals surface area contributed by atoms with Crippen LogP contribution in [0.25, 0.3) is 0 Å². The molecule has 1 atom stereocenters. The monoisotopic (exact) mass is 379 g/mol. The van der Waals surface area contributed by atoms with E-state index < -0.39 is 0 Å². The highest BCUT2D eigenvalue weighted by molar-refractivity contribution is 8.00. The minimum Gasteiger partial charge on any atom is -0.325 e. The van der Waals surface area contributed by atoms with Crippen LogP contribution in [-0.2, 0) is 4.79 Å². The fourth-order valence-electron chi connectivity index (χ4n) is 6.46. The molecule has 5 heteroatoms. The maximum Gasteiger partial charge on any atom is 0.233 e. The van der Waals surface area contributed by atoms with Gasteiger partial charge in [-0.25, -0.2) is 4.39 Å². The Morgan fingerprint density at radius 3 is 2.40 bits per heavy atom. The molecule has 5 fully saturated rings. The van der Waals surface area contributed by atoms with Crippen molar-refractivity contribution in [1.82, 2.24) is 4.90 Å². The molecule has 1 unspecified atom stereocenters. The standard InChI is InChI=1S/C20H23ClFNOS/c21-15-2-1-3-16(22)18(15)19-23(17(24)10-25-19)11-20-7-12-4-13(8-20)6-14(5-12)9-20/h1-3,12-14,19H,4-11H2. The Morgan fingerprint density at radius 2 is 1.80 bits per heavy atom. The molecular formula is C20H23ClFNOS. The number of rotatable bonds is 3. The van der Waals surface area contributed by atoms with E-state index in [1.54, 1.807) is 12.1 Å². The maximum absolute atomic E-state index is 14.5. The highest BCUT2D eigenvalue weighted by atomic mass is 35.5. The summed E-state index contributed by atoms with van der Waals surface area (Å²) >= 11 is 7.83. The third-order valence-electron chi connectivity index (χ3n) is 6.89. The molecule has 1 amide bonds. The first-order valence-electron chi connectivity index (χ1n) is 9.38. The molecular weight excluding hydrogens is 357 g/mol. The van der Waals surface area contributed by atoms with Crippen molar-refractivity contribution < 1.29 is 9.18 Å². The largest absolute Gasteiger partial charge is 0.325 e. The van der Waals surface area contributed by atoms with Gasteiger partial charge in [0.25, 0.3) is 0 Å². The van der Waals surface area contributed by atoms with Crippen molar-refractivity contribution in [3.05, 3.63) is 34.6 Å². The number of benzene rings is 1. The average Bonchev–Trinajstić information content (AvgIpc) is 2.87. The summed E-state index contributed by atoms with van der Waals surface area (Å²) in [6.45, 7) is 0.789. The summed E-state index contributed by atoms with van der Waals surface area (Å²) in [5.74, 6) is 2.84. The summed E-state index contributed by atoms with van der Waals surface area (Å²) < 4.78 is 14.5. The number of carbonyl (C=O) groups excluding carboxylic acids is 1. The molecule has 0 aromatic heterocycles. The first kappa shape index (κ1) is 16.4. The van der Waals surface area contributed by atoms with Crippen LogP contribution in [0.4, 0.5) is 4.39 Å². The second-order valence-corrected chi connectivity index (χ2v) is 10.2. The van der Waals surface area contributed by atoms with Crippen LogP contribution in [0.15, 0.2) is 18.2 Å². The Bertz CT molecular complexity index is 668. The smallest absolute Gasteiger partial charge is 0.233 e. The van der Waals surface area contributed by atoms with Gasteiger partial charge in [-0.1, -0.05) is 17.7 Å². The highest BCUT2D eigenvalue weighted by Crippen LogP contribution is 2.61. The lowest BCUT2D eigenvalue weighted by Crippen LogP contribution is -2.51. The zero-order valence-corrected chi connectivity index (χ0v) is 15.8. The molecule has 1 aromatic rings. The van der Waals surface area contributed by atoms with Crippen LogP contribution in [-0.4, -0.2) is 23.1 Å². The number of carbonyl (C=O) groups is 1. The van der Waals surface area contributed by atoms with Gasteiger partial charge in [0.1, 0.15) is 11.2 Å². The van der Waals surface area contributed by atoms with E-state index in [-0.39, 0.29) is 22.5 Å². The van der Waals surface area contributed by atoms with Gasteiger partial charge in [0.15, 0.2) is 0 Å². The van der Waals surface area contributed by atoms with Gasteiger partial charge in [-0.05, 0) is 73.8 Å². The van der Waals surface area contributed by atoms with Gasteiger partial charge in [-0.3, -0.25) is 4.79 Å². The van der Waals surface area contributed by atoms with E-state index in [0.717, 1.165) is 24.3 Å². The number of amides is 1. The van der Waals surface area contributed by atoms with Crippen LogP contribution in [0, 0.1) is 29.0 Å². The summed E-state index contributed by atoms with van der Waals surface area (Å²) in [5, 5.41) is 0.164. The fraction of sp³-hybridized carbons (Fsp3) is 0.650. The molecule has 2 nitrogen and oxygen atoms in total. The van der Waals surface area contributed by atoms with Gasteiger partial charge in [0.05, 0.1) is 5.75 Å². The van der Waals surface area contributed by atoms with Gasteiger partial charge in [-0.2, -0.15) is 0 Å². The Labute approximate surface area is 157 Å². The number of thioether (sulfide) groups is 1. The SMILES string of the molecule is O=C1CSC(c2c(F)cccc2Cl)N1CC12CC3CC(CC(C3)C1)C2. The zero-order chi connectivity index (χ0) is 17.2. The fourth-order valence-corrected chi connectivity index (χ4v) is 8.03. The molecule has 6 rings (SSSR count). The second kappa shape index (κ2) is 5.88. The van der Waals surface area contributed by atoms with E-state index in [0.29, 0.717) is 16.3 Å². The van der Waals surface area contributed by atoms with Gasteiger partial charge < -0.3 is 4.90 Å². The van der Waals surface area contributed by atoms with Crippen LogP contribution in [0.3, 0.4) is 0 Å². The third kappa shape index (κ3) is 2.71. The predicted molar refractivity (Wildman–Crippen MR) is 98.9 cm³/mol. The van der Waals surface area contributed by atoms with Crippen molar-refractivity contribution in [3.63, 3.8) is 0 Å². The Balaban J connectivity index is 1.45. The number of nitrogens with zero attached hydrogens (tertiary/aromatic N) is 1. The number of halogens is 2. The van der Waals surface area contributed by atoms with E-state index >= 15 is 0 Å². The van der Waals surface area contributed by atoms with Gasteiger partial charge in [0, 0.05) is 17.1 Å². The molecule has 25 heavy (non-hydrogen) atoms. The lowest BCUT2D eigenvalue weighted by atomic mass is 9.49. The quantitative estimate of drug-likeness (QED) is 0.713. The normalized spacial score (nSPS) is 39.4. The van der Waals surface area contributed by atoms with E-state index in [1.807, 2.05) is 4.90 Å². The lowest BCUT2D eigenvalue weighted by molar-refractivity contribution is -0.134. The van der Waals surface area contributed by atoms with Crippen LogP contribution in [0.2, 0.25) is 5.02 Å². The first-order valence-corrected chi connectivity index (χ1v) is 10.8. The molecule has 4 saturated carbocycles. The van der Waals surface area contributed by atoms with Crippen LogP contribution >= 0.6 is 23.4 Å². The molecule has 0 N–H and O–H groups in total.